The Bertz CT molecular complexity index is 899. The first-order valence-corrected chi connectivity index (χ1v) is 9.44. The molecule has 0 radical (unpaired) electrons. The van der Waals surface area contributed by atoms with Gasteiger partial charge in [-0.25, -0.2) is 5.43 Å². The fourth-order valence-corrected chi connectivity index (χ4v) is 2.63. The molecule has 2 aromatic rings. The molecular weight excluding hydrogens is 417 g/mol. The number of rotatable bonds is 7. The van der Waals surface area contributed by atoms with Crippen LogP contribution >= 0.6 is 23.2 Å². The van der Waals surface area contributed by atoms with Crippen LogP contribution in [0, 0.1) is 0 Å². The van der Waals surface area contributed by atoms with Gasteiger partial charge >= 0.3 is 11.8 Å². The number of carbonyl (C=O) groups is 2. The lowest BCUT2D eigenvalue weighted by Crippen LogP contribution is -2.41. The van der Waals surface area contributed by atoms with E-state index in [-0.39, 0.29) is 12.6 Å². The van der Waals surface area contributed by atoms with E-state index in [4.69, 9.17) is 32.7 Å². The quantitative estimate of drug-likeness (QED) is 0.393. The Morgan fingerprint density at radius 1 is 1.14 bits per heavy atom. The van der Waals surface area contributed by atoms with Crippen LogP contribution in [0.3, 0.4) is 0 Å². The molecule has 0 bridgehead atoms. The van der Waals surface area contributed by atoms with E-state index in [1.165, 1.54) is 13.3 Å². The van der Waals surface area contributed by atoms with Gasteiger partial charge in [0.25, 0.3) is 0 Å². The first kappa shape index (κ1) is 22.5. The number of benzene rings is 2. The SMILES string of the molecule is COc1cc(/C=N\NC(=O)C(=O)NC(C)C)cc(Cl)c1OCc1ccc(Cl)cc1. The third-order valence-electron chi connectivity index (χ3n) is 3.55. The summed E-state index contributed by atoms with van der Waals surface area (Å²) in [5.74, 6) is -0.854. The molecule has 0 aromatic heterocycles. The Labute approximate surface area is 179 Å². The molecule has 0 saturated carbocycles. The molecule has 0 atom stereocenters. The second kappa shape index (κ2) is 10.7. The molecule has 9 heteroatoms. The molecule has 0 aliphatic carbocycles. The Morgan fingerprint density at radius 3 is 2.45 bits per heavy atom. The number of hydrogen-bond donors (Lipinski definition) is 2. The molecule has 154 valence electrons. The van der Waals surface area contributed by atoms with Crippen LogP contribution < -0.4 is 20.2 Å². The van der Waals surface area contributed by atoms with Gasteiger partial charge in [0.2, 0.25) is 0 Å². The summed E-state index contributed by atoms with van der Waals surface area (Å²) in [6, 6.07) is 10.3. The van der Waals surface area contributed by atoms with E-state index in [0.717, 1.165) is 5.56 Å². The minimum absolute atomic E-state index is 0.152. The highest BCUT2D eigenvalue weighted by atomic mass is 35.5. The number of nitrogens with zero attached hydrogens (tertiary/aromatic N) is 1. The highest BCUT2D eigenvalue weighted by Crippen LogP contribution is 2.36. The summed E-state index contributed by atoms with van der Waals surface area (Å²) in [6.07, 6.45) is 1.35. The molecule has 2 rings (SSSR count). The van der Waals surface area contributed by atoms with Crippen LogP contribution in [0.5, 0.6) is 11.5 Å². The average molecular weight is 438 g/mol. The van der Waals surface area contributed by atoms with Crippen LogP contribution in [-0.2, 0) is 16.2 Å². The maximum Gasteiger partial charge on any atom is 0.329 e. The van der Waals surface area contributed by atoms with E-state index in [2.05, 4.69) is 15.8 Å². The standard InChI is InChI=1S/C20H21Cl2N3O4/c1-12(2)24-19(26)20(27)25-23-10-14-8-16(22)18(17(9-14)28-3)29-11-13-4-6-15(21)7-5-13/h4-10,12H,11H2,1-3H3,(H,24,26)(H,25,27)/b23-10-. The third kappa shape index (κ3) is 6.96. The summed E-state index contributed by atoms with van der Waals surface area (Å²) in [7, 11) is 1.49. The summed E-state index contributed by atoms with van der Waals surface area (Å²) in [5.41, 5.74) is 3.62. The number of hydrogen-bond acceptors (Lipinski definition) is 5. The van der Waals surface area contributed by atoms with Gasteiger partial charge in [0.05, 0.1) is 18.3 Å². The maximum atomic E-state index is 11.6. The summed E-state index contributed by atoms with van der Waals surface area (Å²) in [6.45, 7) is 3.78. The van der Waals surface area contributed by atoms with Gasteiger partial charge in [0.1, 0.15) is 6.61 Å². The number of hydrazone groups is 1. The zero-order chi connectivity index (χ0) is 21.4. The molecule has 0 spiro atoms. The number of nitrogens with one attached hydrogen (secondary N) is 2. The molecule has 0 aliphatic rings. The molecule has 0 aliphatic heterocycles. The summed E-state index contributed by atoms with van der Waals surface area (Å²) in [4.78, 5) is 23.2. The van der Waals surface area contributed by atoms with E-state index in [9.17, 15) is 9.59 Å². The van der Waals surface area contributed by atoms with Crippen LogP contribution in [0.25, 0.3) is 0 Å². The van der Waals surface area contributed by atoms with Crippen molar-refractivity contribution in [3.8, 4) is 11.5 Å². The zero-order valence-electron chi connectivity index (χ0n) is 16.2. The van der Waals surface area contributed by atoms with E-state index in [1.54, 1.807) is 38.1 Å². The smallest absolute Gasteiger partial charge is 0.329 e. The molecule has 2 N–H and O–H groups in total. The summed E-state index contributed by atoms with van der Waals surface area (Å²) < 4.78 is 11.1. The number of amides is 2. The van der Waals surface area contributed by atoms with Crippen molar-refractivity contribution >= 4 is 41.2 Å². The predicted octanol–water partition coefficient (Wildman–Crippen LogP) is 3.56. The van der Waals surface area contributed by atoms with E-state index < -0.39 is 11.8 Å². The minimum atomic E-state index is -0.865. The topological polar surface area (TPSA) is 89.0 Å². The van der Waals surface area contributed by atoms with E-state index in [1.807, 2.05) is 12.1 Å². The van der Waals surface area contributed by atoms with Gasteiger partial charge in [0, 0.05) is 11.1 Å². The predicted molar refractivity (Wildman–Crippen MR) is 113 cm³/mol. The first-order chi connectivity index (χ1) is 13.8. The third-order valence-corrected chi connectivity index (χ3v) is 4.09. The van der Waals surface area contributed by atoms with Crippen molar-refractivity contribution in [3.05, 3.63) is 57.6 Å². The highest BCUT2D eigenvalue weighted by molar-refractivity contribution is 6.35. The first-order valence-electron chi connectivity index (χ1n) is 8.68. The van der Waals surface area contributed by atoms with Crippen molar-refractivity contribution in [3.63, 3.8) is 0 Å². The Balaban J connectivity index is 2.05. The van der Waals surface area contributed by atoms with Gasteiger partial charge in [-0.2, -0.15) is 5.10 Å². The lowest BCUT2D eigenvalue weighted by Gasteiger charge is -2.13. The van der Waals surface area contributed by atoms with Gasteiger partial charge in [-0.05, 0) is 49.2 Å². The second-order valence-corrected chi connectivity index (χ2v) is 7.12. The van der Waals surface area contributed by atoms with Crippen molar-refractivity contribution in [2.24, 2.45) is 5.10 Å². The van der Waals surface area contributed by atoms with E-state index >= 15 is 0 Å². The van der Waals surface area contributed by atoms with Gasteiger partial charge in [-0.3, -0.25) is 9.59 Å². The van der Waals surface area contributed by atoms with Gasteiger partial charge in [0.15, 0.2) is 11.5 Å². The van der Waals surface area contributed by atoms with Crippen molar-refractivity contribution in [1.82, 2.24) is 10.7 Å². The molecule has 7 nitrogen and oxygen atoms in total. The molecule has 0 unspecified atom stereocenters. The van der Waals surface area contributed by atoms with E-state index in [0.29, 0.717) is 27.1 Å². The Hall–Kier alpha value is -2.77. The second-order valence-electron chi connectivity index (χ2n) is 6.28. The zero-order valence-corrected chi connectivity index (χ0v) is 17.7. The minimum Gasteiger partial charge on any atom is -0.493 e. The summed E-state index contributed by atoms with van der Waals surface area (Å²) >= 11 is 12.2. The van der Waals surface area contributed by atoms with Crippen molar-refractivity contribution in [2.75, 3.05) is 7.11 Å². The van der Waals surface area contributed by atoms with Crippen molar-refractivity contribution in [2.45, 2.75) is 26.5 Å². The highest BCUT2D eigenvalue weighted by Gasteiger charge is 2.14. The van der Waals surface area contributed by atoms with Crippen LogP contribution in [0.1, 0.15) is 25.0 Å². The monoisotopic (exact) mass is 437 g/mol. The maximum absolute atomic E-state index is 11.6. The fourth-order valence-electron chi connectivity index (χ4n) is 2.23. The molecule has 0 saturated heterocycles. The fraction of sp³-hybridized carbons (Fsp3) is 0.250. The van der Waals surface area contributed by atoms with Crippen molar-refractivity contribution in [1.29, 1.82) is 0 Å². The van der Waals surface area contributed by atoms with Crippen molar-refractivity contribution < 1.29 is 19.1 Å². The molecule has 2 aromatic carbocycles. The lowest BCUT2D eigenvalue weighted by molar-refractivity contribution is -0.139. The summed E-state index contributed by atoms with van der Waals surface area (Å²) in [5, 5.41) is 7.18. The molecule has 0 heterocycles. The number of carbonyl (C=O) groups excluding carboxylic acids is 2. The largest absolute Gasteiger partial charge is 0.493 e. The number of methoxy groups -OCH3 is 1. The average Bonchev–Trinajstić information content (AvgIpc) is 2.67. The lowest BCUT2D eigenvalue weighted by atomic mass is 10.2. The normalized spacial score (nSPS) is 10.8. The van der Waals surface area contributed by atoms with Crippen LogP contribution in [0.2, 0.25) is 10.0 Å². The van der Waals surface area contributed by atoms with Gasteiger partial charge < -0.3 is 14.8 Å². The Morgan fingerprint density at radius 2 is 1.83 bits per heavy atom. The molecular formula is C20H21Cl2N3O4. The molecule has 2 amide bonds. The number of halogens is 2. The van der Waals surface area contributed by atoms with Crippen LogP contribution in [0.4, 0.5) is 0 Å². The molecule has 0 fully saturated rings. The Kier molecular flexibility index (Phi) is 8.30. The van der Waals surface area contributed by atoms with Gasteiger partial charge in [-0.15, -0.1) is 0 Å². The van der Waals surface area contributed by atoms with Gasteiger partial charge in [-0.1, -0.05) is 35.3 Å². The van der Waals surface area contributed by atoms with Crippen LogP contribution in [-0.4, -0.2) is 31.2 Å². The molecule has 29 heavy (non-hydrogen) atoms. The van der Waals surface area contributed by atoms with Crippen LogP contribution in [0.15, 0.2) is 41.5 Å². The number of ether oxygens (including phenoxy) is 2.